The van der Waals surface area contributed by atoms with Crippen LogP contribution in [0.4, 0.5) is 0 Å². The van der Waals surface area contributed by atoms with E-state index in [9.17, 15) is 10.1 Å². The van der Waals surface area contributed by atoms with Gasteiger partial charge in [-0.15, -0.1) is 0 Å². The molecule has 0 unspecified atom stereocenters. The molecule has 1 heterocycles. The van der Waals surface area contributed by atoms with Gasteiger partial charge in [0.25, 0.3) is 5.91 Å². The third-order valence-electron chi connectivity index (χ3n) is 3.70. The van der Waals surface area contributed by atoms with E-state index in [2.05, 4.69) is 27.9 Å². The molecule has 0 aliphatic carbocycles. The molecule has 4 nitrogen and oxygen atoms in total. The Kier molecular flexibility index (Phi) is 5.87. The van der Waals surface area contributed by atoms with E-state index in [-0.39, 0.29) is 5.57 Å². The van der Waals surface area contributed by atoms with Gasteiger partial charge in [-0.2, -0.15) is 5.26 Å². The van der Waals surface area contributed by atoms with Gasteiger partial charge in [0, 0.05) is 21.8 Å². The summed E-state index contributed by atoms with van der Waals surface area (Å²) in [6.45, 7) is 0.366. The molecule has 1 aromatic heterocycles. The molecule has 0 aliphatic rings. The van der Waals surface area contributed by atoms with Gasteiger partial charge in [0.2, 0.25) is 0 Å². The third kappa shape index (κ3) is 4.61. The molecule has 1 N–H and O–H groups in total. The number of halogens is 1. The van der Waals surface area contributed by atoms with Crippen LogP contribution < -0.4 is 5.32 Å². The molecule has 26 heavy (non-hydrogen) atoms. The summed E-state index contributed by atoms with van der Waals surface area (Å²) < 4.78 is 6.88. The van der Waals surface area contributed by atoms with Gasteiger partial charge < -0.3 is 9.73 Å². The van der Waals surface area contributed by atoms with Crippen LogP contribution in [0.5, 0.6) is 0 Å². The van der Waals surface area contributed by atoms with E-state index in [1.54, 1.807) is 6.07 Å². The van der Waals surface area contributed by atoms with Crippen molar-refractivity contribution in [2.75, 3.05) is 0 Å². The highest BCUT2D eigenvalue weighted by atomic mass is 127. The van der Waals surface area contributed by atoms with Gasteiger partial charge in [0.15, 0.2) is 0 Å². The SMILES string of the molecule is N#C/C(=C\c1ccc(-c2ccc(I)cc2)o1)C(=O)NCc1ccccc1. The fraction of sp³-hybridized carbons (Fsp3) is 0.0476. The Bertz CT molecular complexity index is 967. The molecule has 0 fully saturated rings. The Morgan fingerprint density at radius 1 is 1.08 bits per heavy atom. The fourth-order valence-corrected chi connectivity index (χ4v) is 2.72. The van der Waals surface area contributed by atoms with Gasteiger partial charge in [-0.25, -0.2) is 0 Å². The van der Waals surface area contributed by atoms with Crippen LogP contribution in [0, 0.1) is 14.9 Å². The predicted molar refractivity (Wildman–Crippen MR) is 109 cm³/mol. The Labute approximate surface area is 165 Å². The minimum atomic E-state index is -0.427. The first-order valence-corrected chi connectivity index (χ1v) is 9.03. The van der Waals surface area contributed by atoms with Crippen molar-refractivity contribution in [1.82, 2.24) is 5.32 Å². The van der Waals surface area contributed by atoms with Crippen LogP contribution >= 0.6 is 22.6 Å². The Balaban J connectivity index is 1.71. The summed E-state index contributed by atoms with van der Waals surface area (Å²) >= 11 is 2.24. The number of hydrogen-bond acceptors (Lipinski definition) is 3. The van der Waals surface area contributed by atoms with Gasteiger partial charge in [-0.05, 0) is 52.4 Å². The van der Waals surface area contributed by atoms with E-state index in [0.29, 0.717) is 18.1 Å². The normalized spacial score (nSPS) is 11.0. The number of nitriles is 1. The largest absolute Gasteiger partial charge is 0.457 e. The summed E-state index contributed by atoms with van der Waals surface area (Å²) in [5.41, 5.74) is 1.92. The van der Waals surface area contributed by atoms with Crippen LogP contribution in [-0.2, 0) is 11.3 Å². The maximum Gasteiger partial charge on any atom is 0.262 e. The first kappa shape index (κ1) is 18.0. The van der Waals surface area contributed by atoms with E-state index in [4.69, 9.17) is 4.42 Å². The van der Waals surface area contributed by atoms with Crippen LogP contribution in [0.3, 0.4) is 0 Å². The first-order chi connectivity index (χ1) is 12.7. The lowest BCUT2D eigenvalue weighted by molar-refractivity contribution is -0.117. The Morgan fingerprint density at radius 3 is 2.50 bits per heavy atom. The standard InChI is InChI=1S/C21H15IN2O2/c22-18-8-6-16(7-9-18)20-11-10-19(26-20)12-17(13-23)21(25)24-14-15-4-2-1-3-5-15/h1-12H,14H2,(H,24,25)/b17-12+. The van der Waals surface area contributed by atoms with Crippen LogP contribution in [0.25, 0.3) is 17.4 Å². The van der Waals surface area contributed by atoms with Crippen LogP contribution in [0.1, 0.15) is 11.3 Å². The smallest absolute Gasteiger partial charge is 0.262 e. The molecule has 2 aromatic carbocycles. The quantitative estimate of drug-likeness (QED) is 0.343. The Morgan fingerprint density at radius 2 is 1.81 bits per heavy atom. The van der Waals surface area contributed by atoms with Gasteiger partial charge in [-0.3, -0.25) is 4.79 Å². The number of furan rings is 1. The number of carbonyl (C=O) groups is 1. The van der Waals surface area contributed by atoms with Crippen molar-refractivity contribution >= 4 is 34.6 Å². The molecule has 0 saturated heterocycles. The molecule has 1 amide bonds. The van der Waals surface area contributed by atoms with Crippen molar-refractivity contribution in [3.8, 4) is 17.4 Å². The second-order valence-electron chi connectivity index (χ2n) is 5.55. The molecule has 5 heteroatoms. The van der Waals surface area contributed by atoms with Gasteiger partial charge in [-0.1, -0.05) is 42.5 Å². The molecule has 0 bridgehead atoms. The summed E-state index contributed by atoms with van der Waals surface area (Å²) in [5, 5.41) is 12.0. The van der Waals surface area contributed by atoms with E-state index < -0.39 is 5.91 Å². The van der Waals surface area contributed by atoms with E-state index in [1.807, 2.05) is 66.7 Å². The van der Waals surface area contributed by atoms with Crippen molar-refractivity contribution in [1.29, 1.82) is 5.26 Å². The highest BCUT2D eigenvalue weighted by molar-refractivity contribution is 14.1. The second kappa shape index (κ2) is 8.50. The van der Waals surface area contributed by atoms with Gasteiger partial charge >= 0.3 is 0 Å². The van der Waals surface area contributed by atoms with E-state index in [1.165, 1.54) is 6.08 Å². The molecule has 3 rings (SSSR count). The zero-order valence-corrected chi connectivity index (χ0v) is 15.9. The summed E-state index contributed by atoms with van der Waals surface area (Å²) in [6, 6.07) is 22.9. The molecule has 0 saturated carbocycles. The average Bonchev–Trinajstić information content (AvgIpc) is 3.14. The minimum Gasteiger partial charge on any atom is -0.457 e. The van der Waals surface area contributed by atoms with Crippen LogP contribution in [0.2, 0.25) is 0 Å². The van der Waals surface area contributed by atoms with Crippen LogP contribution in [0.15, 0.2) is 76.7 Å². The molecule has 3 aromatic rings. The van der Waals surface area contributed by atoms with Gasteiger partial charge in [0.05, 0.1) is 0 Å². The lowest BCUT2D eigenvalue weighted by atomic mass is 10.2. The van der Waals surface area contributed by atoms with E-state index >= 15 is 0 Å². The fourth-order valence-electron chi connectivity index (χ4n) is 2.36. The van der Waals surface area contributed by atoms with Crippen molar-refractivity contribution in [3.63, 3.8) is 0 Å². The number of rotatable bonds is 5. The lowest BCUT2D eigenvalue weighted by Gasteiger charge is -2.03. The van der Waals surface area contributed by atoms with Crippen molar-refractivity contribution in [3.05, 3.63) is 87.2 Å². The number of benzene rings is 2. The second-order valence-corrected chi connectivity index (χ2v) is 6.79. The maximum atomic E-state index is 12.2. The molecule has 0 radical (unpaired) electrons. The first-order valence-electron chi connectivity index (χ1n) is 7.95. The third-order valence-corrected chi connectivity index (χ3v) is 4.42. The number of nitrogens with zero attached hydrogens (tertiary/aromatic N) is 1. The monoisotopic (exact) mass is 454 g/mol. The number of carbonyl (C=O) groups excluding carboxylic acids is 1. The van der Waals surface area contributed by atoms with Crippen molar-refractivity contribution < 1.29 is 9.21 Å². The highest BCUT2D eigenvalue weighted by Crippen LogP contribution is 2.24. The zero-order valence-electron chi connectivity index (χ0n) is 13.8. The van der Waals surface area contributed by atoms with E-state index in [0.717, 1.165) is 14.7 Å². The number of amides is 1. The molecule has 128 valence electrons. The summed E-state index contributed by atoms with van der Waals surface area (Å²) in [7, 11) is 0. The predicted octanol–water partition coefficient (Wildman–Crippen LogP) is 4.77. The lowest BCUT2D eigenvalue weighted by Crippen LogP contribution is -2.23. The molecule has 0 spiro atoms. The Hall–Kier alpha value is -2.85. The minimum absolute atomic E-state index is 0.00411. The zero-order chi connectivity index (χ0) is 18.4. The maximum absolute atomic E-state index is 12.2. The number of nitrogens with one attached hydrogen (secondary N) is 1. The number of hydrogen-bond donors (Lipinski definition) is 1. The van der Waals surface area contributed by atoms with Crippen LogP contribution in [-0.4, -0.2) is 5.91 Å². The molecule has 0 aliphatic heterocycles. The summed E-state index contributed by atoms with van der Waals surface area (Å²) in [5.74, 6) is 0.725. The van der Waals surface area contributed by atoms with Crippen molar-refractivity contribution in [2.24, 2.45) is 0 Å². The van der Waals surface area contributed by atoms with Gasteiger partial charge in [0.1, 0.15) is 23.2 Å². The molecular formula is C21H15IN2O2. The average molecular weight is 454 g/mol. The van der Waals surface area contributed by atoms with Crippen molar-refractivity contribution in [2.45, 2.75) is 6.54 Å². The summed E-state index contributed by atoms with van der Waals surface area (Å²) in [4.78, 5) is 12.2. The topological polar surface area (TPSA) is 66.0 Å². The molecular weight excluding hydrogens is 439 g/mol. The molecule has 0 atom stereocenters. The summed E-state index contributed by atoms with van der Waals surface area (Å²) in [6.07, 6.45) is 1.45. The highest BCUT2D eigenvalue weighted by Gasteiger charge is 2.11.